The molecule has 1 atom stereocenters. The molecular formula is C15H22N2O. The van der Waals surface area contributed by atoms with E-state index in [-0.39, 0.29) is 0 Å². The Bertz CT molecular complexity index is 419. The number of hydrogen-bond donors (Lipinski definition) is 1. The molecule has 0 spiro atoms. The lowest BCUT2D eigenvalue weighted by molar-refractivity contribution is 0.0893. The van der Waals surface area contributed by atoms with Crippen molar-refractivity contribution in [1.29, 1.82) is 0 Å². The van der Waals surface area contributed by atoms with E-state index in [4.69, 9.17) is 4.74 Å². The number of aryl methyl sites for hydroxylation is 1. The van der Waals surface area contributed by atoms with Gasteiger partial charge in [0, 0.05) is 38.1 Å². The van der Waals surface area contributed by atoms with Crippen molar-refractivity contribution < 1.29 is 4.74 Å². The SMILES string of the molecule is COC1CCCN(c2ccc3c(c2)CCCN3)C1. The van der Waals surface area contributed by atoms with Crippen LogP contribution in [0.2, 0.25) is 0 Å². The summed E-state index contributed by atoms with van der Waals surface area (Å²) in [6.45, 7) is 3.30. The Morgan fingerprint density at radius 2 is 2.28 bits per heavy atom. The van der Waals surface area contributed by atoms with Gasteiger partial charge in [0.25, 0.3) is 0 Å². The predicted octanol–water partition coefficient (Wildman–Crippen LogP) is 2.66. The maximum atomic E-state index is 5.50. The first-order valence-electron chi connectivity index (χ1n) is 7.01. The van der Waals surface area contributed by atoms with Gasteiger partial charge in [-0.25, -0.2) is 0 Å². The van der Waals surface area contributed by atoms with Gasteiger partial charge >= 0.3 is 0 Å². The summed E-state index contributed by atoms with van der Waals surface area (Å²) in [5.41, 5.74) is 4.16. The van der Waals surface area contributed by atoms with Crippen LogP contribution in [0.5, 0.6) is 0 Å². The number of ether oxygens (including phenoxy) is 1. The van der Waals surface area contributed by atoms with Crippen LogP contribution in [0.15, 0.2) is 18.2 Å². The van der Waals surface area contributed by atoms with Crippen molar-refractivity contribution in [3.63, 3.8) is 0 Å². The second kappa shape index (κ2) is 5.19. The standard InChI is InChI=1S/C15H22N2O/c1-18-14-5-3-9-17(11-14)13-6-7-15-12(10-13)4-2-8-16-15/h6-7,10,14,16H,2-5,8-9,11H2,1H3. The molecule has 1 unspecified atom stereocenters. The van der Waals surface area contributed by atoms with Gasteiger partial charge in [-0.05, 0) is 49.4 Å². The lowest BCUT2D eigenvalue weighted by Crippen LogP contribution is -2.39. The molecule has 0 amide bonds. The number of rotatable bonds is 2. The molecule has 0 radical (unpaired) electrons. The van der Waals surface area contributed by atoms with Gasteiger partial charge in [-0.3, -0.25) is 0 Å². The zero-order chi connectivity index (χ0) is 12.4. The number of anilines is 2. The van der Waals surface area contributed by atoms with E-state index < -0.39 is 0 Å². The number of fused-ring (bicyclic) bond motifs is 1. The number of piperidine rings is 1. The third-order valence-electron chi connectivity index (χ3n) is 4.10. The van der Waals surface area contributed by atoms with Gasteiger partial charge in [-0.1, -0.05) is 0 Å². The van der Waals surface area contributed by atoms with E-state index in [1.807, 2.05) is 7.11 Å². The summed E-state index contributed by atoms with van der Waals surface area (Å²) in [5.74, 6) is 0. The van der Waals surface area contributed by atoms with Gasteiger partial charge < -0.3 is 15.0 Å². The molecule has 2 aliphatic heterocycles. The summed E-state index contributed by atoms with van der Waals surface area (Å²) in [6.07, 6.45) is 5.27. The highest BCUT2D eigenvalue weighted by Crippen LogP contribution is 2.28. The normalized spacial score (nSPS) is 23.4. The lowest BCUT2D eigenvalue weighted by Gasteiger charge is -2.34. The molecule has 0 bridgehead atoms. The molecule has 98 valence electrons. The zero-order valence-electron chi connectivity index (χ0n) is 11.1. The van der Waals surface area contributed by atoms with Crippen molar-refractivity contribution in [2.75, 3.05) is 37.0 Å². The predicted molar refractivity (Wildman–Crippen MR) is 75.5 cm³/mol. The minimum absolute atomic E-state index is 0.396. The van der Waals surface area contributed by atoms with Crippen molar-refractivity contribution in [3.8, 4) is 0 Å². The quantitative estimate of drug-likeness (QED) is 0.868. The first-order chi connectivity index (χ1) is 8.86. The highest BCUT2D eigenvalue weighted by molar-refractivity contribution is 5.62. The first kappa shape index (κ1) is 11.8. The van der Waals surface area contributed by atoms with Gasteiger partial charge in [0.15, 0.2) is 0 Å². The van der Waals surface area contributed by atoms with E-state index in [2.05, 4.69) is 28.4 Å². The summed E-state index contributed by atoms with van der Waals surface area (Å²) in [6, 6.07) is 6.84. The third kappa shape index (κ3) is 2.32. The van der Waals surface area contributed by atoms with Crippen molar-refractivity contribution in [2.45, 2.75) is 31.8 Å². The fourth-order valence-electron chi connectivity index (χ4n) is 3.02. The first-order valence-corrected chi connectivity index (χ1v) is 7.01. The molecule has 1 aromatic rings. The summed E-state index contributed by atoms with van der Waals surface area (Å²) < 4.78 is 5.50. The second-order valence-corrected chi connectivity index (χ2v) is 5.32. The van der Waals surface area contributed by atoms with Crippen molar-refractivity contribution >= 4 is 11.4 Å². The molecule has 3 heteroatoms. The van der Waals surface area contributed by atoms with Crippen LogP contribution in [0.1, 0.15) is 24.8 Å². The average Bonchev–Trinajstić information content (AvgIpc) is 2.47. The van der Waals surface area contributed by atoms with E-state index in [9.17, 15) is 0 Å². The number of nitrogens with one attached hydrogen (secondary N) is 1. The second-order valence-electron chi connectivity index (χ2n) is 5.32. The van der Waals surface area contributed by atoms with Crippen molar-refractivity contribution in [3.05, 3.63) is 23.8 Å². The summed E-state index contributed by atoms with van der Waals surface area (Å²) in [4.78, 5) is 2.46. The van der Waals surface area contributed by atoms with Crippen LogP contribution in [-0.2, 0) is 11.2 Å². The minimum atomic E-state index is 0.396. The Morgan fingerprint density at radius 3 is 3.17 bits per heavy atom. The largest absolute Gasteiger partial charge is 0.385 e. The zero-order valence-corrected chi connectivity index (χ0v) is 11.1. The Labute approximate surface area is 109 Å². The van der Waals surface area contributed by atoms with Crippen LogP contribution in [0.3, 0.4) is 0 Å². The van der Waals surface area contributed by atoms with E-state index in [0.29, 0.717) is 6.10 Å². The van der Waals surface area contributed by atoms with Crippen molar-refractivity contribution in [1.82, 2.24) is 0 Å². The molecule has 1 aromatic carbocycles. The van der Waals surface area contributed by atoms with Crippen LogP contribution in [-0.4, -0.2) is 32.8 Å². The highest BCUT2D eigenvalue weighted by Gasteiger charge is 2.20. The molecule has 2 heterocycles. The molecule has 1 N–H and O–H groups in total. The van der Waals surface area contributed by atoms with Gasteiger partial charge in [-0.2, -0.15) is 0 Å². The molecule has 18 heavy (non-hydrogen) atoms. The topological polar surface area (TPSA) is 24.5 Å². The third-order valence-corrected chi connectivity index (χ3v) is 4.10. The summed E-state index contributed by atoms with van der Waals surface area (Å²) >= 11 is 0. The Hall–Kier alpha value is -1.22. The van der Waals surface area contributed by atoms with Crippen LogP contribution < -0.4 is 10.2 Å². The molecule has 2 aliphatic rings. The molecule has 0 saturated carbocycles. The minimum Gasteiger partial charge on any atom is -0.385 e. The highest BCUT2D eigenvalue weighted by atomic mass is 16.5. The molecule has 1 fully saturated rings. The van der Waals surface area contributed by atoms with Gasteiger partial charge in [0.05, 0.1) is 6.10 Å². The number of nitrogens with zero attached hydrogens (tertiary/aromatic N) is 1. The van der Waals surface area contributed by atoms with E-state index in [1.54, 1.807) is 0 Å². The lowest BCUT2D eigenvalue weighted by atomic mass is 10.0. The number of benzene rings is 1. The fraction of sp³-hybridized carbons (Fsp3) is 0.600. The number of methoxy groups -OCH3 is 1. The van der Waals surface area contributed by atoms with Gasteiger partial charge in [0.1, 0.15) is 0 Å². The maximum Gasteiger partial charge on any atom is 0.0746 e. The Kier molecular flexibility index (Phi) is 3.41. The molecule has 3 rings (SSSR count). The van der Waals surface area contributed by atoms with E-state index in [1.165, 1.54) is 42.6 Å². The van der Waals surface area contributed by atoms with Crippen LogP contribution in [0.25, 0.3) is 0 Å². The maximum absolute atomic E-state index is 5.50. The molecule has 0 aromatic heterocycles. The monoisotopic (exact) mass is 246 g/mol. The Morgan fingerprint density at radius 1 is 1.33 bits per heavy atom. The molecule has 0 aliphatic carbocycles. The smallest absolute Gasteiger partial charge is 0.0746 e. The van der Waals surface area contributed by atoms with E-state index >= 15 is 0 Å². The molecule has 3 nitrogen and oxygen atoms in total. The van der Waals surface area contributed by atoms with Crippen LogP contribution in [0.4, 0.5) is 11.4 Å². The van der Waals surface area contributed by atoms with Gasteiger partial charge in [-0.15, -0.1) is 0 Å². The number of hydrogen-bond acceptors (Lipinski definition) is 3. The molecule has 1 saturated heterocycles. The van der Waals surface area contributed by atoms with E-state index in [0.717, 1.165) is 19.6 Å². The fourth-order valence-corrected chi connectivity index (χ4v) is 3.02. The van der Waals surface area contributed by atoms with Crippen molar-refractivity contribution in [2.24, 2.45) is 0 Å². The summed E-state index contributed by atoms with van der Waals surface area (Å²) in [7, 11) is 1.82. The van der Waals surface area contributed by atoms with Crippen LogP contribution >= 0.6 is 0 Å². The average molecular weight is 246 g/mol. The van der Waals surface area contributed by atoms with Crippen LogP contribution in [0, 0.1) is 0 Å². The summed E-state index contributed by atoms with van der Waals surface area (Å²) in [5, 5.41) is 3.47. The van der Waals surface area contributed by atoms with Gasteiger partial charge in [0.2, 0.25) is 0 Å². The molecular weight excluding hydrogens is 224 g/mol. The Balaban J connectivity index is 1.79.